The predicted octanol–water partition coefficient (Wildman–Crippen LogP) is 3.30. The minimum atomic E-state index is -4.20. The van der Waals surface area contributed by atoms with Gasteiger partial charge in [-0.25, -0.2) is 0 Å². The zero-order valence-corrected chi connectivity index (χ0v) is 11.4. The molecule has 1 unspecified atom stereocenters. The highest BCUT2D eigenvalue weighted by atomic mass is 32.2. The first-order valence-corrected chi connectivity index (χ1v) is 6.63. The summed E-state index contributed by atoms with van der Waals surface area (Å²) < 4.78 is 40.8. The topological polar surface area (TPSA) is 41.5 Å². The summed E-state index contributed by atoms with van der Waals surface area (Å²) in [6, 6.07) is 4.61. The van der Waals surface area contributed by atoms with Gasteiger partial charge in [-0.15, -0.1) is 0 Å². The normalized spacial score (nSPS) is 13.3. The van der Waals surface area contributed by atoms with E-state index in [0.29, 0.717) is 11.3 Å². The van der Waals surface area contributed by atoms with Gasteiger partial charge in [-0.1, -0.05) is 6.07 Å². The molecule has 0 fully saturated rings. The van der Waals surface area contributed by atoms with Gasteiger partial charge in [0.1, 0.15) is 11.5 Å². The third kappa shape index (κ3) is 5.61. The highest BCUT2D eigenvalue weighted by molar-refractivity contribution is 8.00. The number of methoxy groups -OCH3 is 1. The summed E-state index contributed by atoms with van der Waals surface area (Å²) in [6.07, 6.45) is 0. The van der Waals surface area contributed by atoms with Crippen molar-refractivity contribution in [2.45, 2.75) is 18.5 Å². The molecule has 0 saturated carbocycles. The molecule has 0 amide bonds. The number of nitrogens with one attached hydrogen (secondary N) is 1. The molecule has 0 saturated heterocycles. The van der Waals surface area contributed by atoms with Crippen molar-refractivity contribution in [3.8, 4) is 11.5 Å². The van der Waals surface area contributed by atoms with Crippen LogP contribution < -0.4 is 10.1 Å². The van der Waals surface area contributed by atoms with Crippen molar-refractivity contribution in [3.63, 3.8) is 0 Å². The lowest BCUT2D eigenvalue weighted by molar-refractivity contribution is -0.0327. The van der Waals surface area contributed by atoms with E-state index in [1.807, 2.05) is 0 Å². The molecule has 108 valence electrons. The summed E-state index contributed by atoms with van der Waals surface area (Å²) in [5, 5.41) is 12.7. The summed E-state index contributed by atoms with van der Waals surface area (Å²) in [7, 11) is 1.49. The summed E-state index contributed by atoms with van der Waals surface area (Å²) in [5.41, 5.74) is -3.58. The largest absolute Gasteiger partial charge is 0.507 e. The van der Waals surface area contributed by atoms with Crippen LogP contribution in [-0.2, 0) is 0 Å². The Balaban J connectivity index is 2.47. The van der Waals surface area contributed by atoms with E-state index in [2.05, 4.69) is 5.32 Å². The molecule has 1 aromatic rings. The van der Waals surface area contributed by atoms with Gasteiger partial charge in [0.2, 0.25) is 0 Å². The molecule has 3 nitrogen and oxygen atoms in total. The van der Waals surface area contributed by atoms with Gasteiger partial charge in [-0.05, 0) is 24.8 Å². The Kier molecular flexibility index (Phi) is 5.81. The number of halogens is 3. The highest BCUT2D eigenvalue weighted by Gasteiger charge is 2.27. The maximum absolute atomic E-state index is 11.9. The van der Waals surface area contributed by atoms with E-state index in [1.165, 1.54) is 13.2 Å². The number of phenols is 1. The number of rotatable bonds is 6. The fraction of sp³-hybridized carbons (Fsp3) is 0.500. The van der Waals surface area contributed by atoms with E-state index in [1.54, 1.807) is 19.1 Å². The molecule has 0 aliphatic rings. The number of phenolic OH excluding ortho intramolecular Hbond substituents is 1. The van der Waals surface area contributed by atoms with E-state index in [9.17, 15) is 18.3 Å². The Labute approximate surface area is 114 Å². The van der Waals surface area contributed by atoms with Crippen LogP contribution in [0.15, 0.2) is 18.2 Å². The van der Waals surface area contributed by atoms with Gasteiger partial charge in [0.15, 0.2) is 0 Å². The minimum Gasteiger partial charge on any atom is -0.507 e. The number of ether oxygens (including phenoxy) is 1. The summed E-state index contributed by atoms with van der Waals surface area (Å²) >= 11 is -0.0640. The maximum Gasteiger partial charge on any atom is 0.441 e. The molecule has 19 heavy (non-hydrogen) atoms. The minimum absolute atomic E-state index is 0.0582. The molecule has 0 aromatic heterocycles. The smallest absolute Gasteiger partial charge is 0.441 e. The van der Waals surface area contributed by atoms with Gasteiger partial charge < -0.3 is 15.2 Å². The van der Waals surface area contributed by atoms with E-state index in [-0.39, 0.29) is 35.9 Å². The highest BCUT2D eigenvalue weighted by Crippen LogP contribution is 2.30. The van der Waals surface area contributed by atoms with Crippen LogP contribution in [-0.4, -0.2) is 30.0 Å². The van der Waals surface area contributed by atoms with Crippen molar-refractivity contribution in [3.05, 3.63) is 23.8 Å². The SMILES string of the molecule is COc1ccc(C(C)NCCSC(F)(F)F)c(O)c1. The monoisotopic (exact) mass is 295 g/mol. The van der Waals surface area contributed by atoms with Crippen molar-refractivity contribution in [1.29, 1.82) is 0 Å². The van der Waals surface area contributed by atoms with Gasteiger partial charge >= 0.3 is 5.51 Å². The second-order valence-corrected chi connectivity index (χ2v) is 5.05. The van der Waals surface area contributed by atoms with Crippen molar-refractivity contribution >= 4 is 11.8 Å². The van der Waals surface area contributed by atoms with Crippen LogP contribution in [0.25, 0.3) is 0 Å². The summed E-state index contributed by atoms with van der Waals surface area (Å²) in [5.74, 6) is 0.522. The van der Waals surface area contributed by atoms with Crippen molar-refractivity contribution in [2.24, 2.45) is 0 Å². The molecular weight excluding hydrogens is 279 g/mol. The number of hydrogen-bond acceptors (Lipinski definition) is 4. The number of aromatic hydroxyl groups is 1. The first-order valence-electron chi connectivity index (χ1n) is 5.64. The molecule has 0 aliphatic carbocycles. The summed E-state index contributed by atoms with van der Waals surface area (Å²) in [4.78, 5) is 0. The molecule has 0 heterocycles. The quantitative estimate of drug-likeness (QED) is 0.790. The Bertz CT molecular complexity index is 412. The second-order valence-electron chi connectivity index (χ2n) is 3.89. The number of thioether (sulfide) groups is 1. The average Bonchev–Trinajstić information content (AvgIpc) is 2.33. The Hall–Kier alpha value is -1.08. The van der Waals surface area contributed by atoms with Crippen molar-refractivity contribution in [2.75, 3.05) is 19.4 Å². The Morgan fingerprint density at radius 3 is 2.63 bits per heavy atom. The van der Waals surface area contributed by atoms with E-state index in [0.717, 1.165) is 0 Å². The number of hydrogen-bond donors (Lipinski definition) is 2. The molecule has 1 rings (SSSR count). The summed E-state index contributed by atoms with van der Waals surface area (Å²) in [6.45, 7) is 1.98. The van der Waals surface area contributed by atoms with Gasteiger partial charge in [0.05, 0.1) is 7.11 Å². The zero-order valence-electron chi connectivity index (χ0n) is 10.6. The average molecular weight is 295 g/mol. The van der Waals surface area contributed by atoms with E-state index >= 15 is 0 Å². The first-order chi connectivity index (χ1) is 8.83. The molecule has 1 atom stereocenters. The third-order valence-electron chi connectivity index (χ3n) is 2.52. The fourth-order valence-corrected chi connectivity index (χ4v) is 2.02. The van der Waals surface area contributed by atoms with Crippen LogP contribution in [0, 0.1) is 0 Å². The van der Waals surface area contributed by atoms with Crippen LogP contribution in [0.3, 0.4) is 0 Å². The number of benzene rings is 1. The van der Waals surface area contributed by atoms with E-state index in [4.69, 9.17) is 4.74 Å². The third-order valence-corrected chi connectivity index (χ3v) is 3.26. The van der Waals surface area contributed by atoms with Crippen molar-refractivity contribution in [1.82, 2.24) is 5.32 Å². The lowest BCUT2D eigenvalue weighted by atomic mass is 10.1. The van der Waals surface area contributed by atoms with Crippen LogP contribution in [0.2, 0.25) is 0 Å². The Morgan fingerprint density at radius 1 is 1.42 bits per heavy atom. The van der Waals surface area contributed by atoms with Gasteiger partial charge in [0.25, 0.3) is 0 Å². The molecule has 0 bridgehead atoms. The Morgan fingerprint density at radius 2 is 2.11 bits per heavy atom. The van der Waals surface area contributed by atoms with Crippen LogP contribution in [0.4, 0.5) is 13.2 Å². The maximum atomic E-state index is 11.9. The lowest BCUT2D eigenvalue weighted by Crippen LogP contribution is -2.22. The van der Waals surface area contributed by atoms with Gasteiger partial charge in [-0.2, -0.15) is 13.2 Å². The standard InChI is InChI=1S/C12H16F3NO2S/c1-8(16-5-6-19-12(13,14)15)10-4-3-9(18-2)7-11(10)17/h3-4,7-8,16-17H,5-6H2,1-2H3. The molecule has 0 radical (unpaired) electrons. The molecule has 7 heteroatoms. The number of alkyl halides is 3. The molecule has 0 spiro atoms. The van der Waals surface area contributed by atoms with E-state index < -0.39 is 5.51 Å². The van der Waals surface area contributed by atoms with Gasteiger partial charge in [-0.3, -0.25) is 0 Å². The first kappa shape index (κ1) is 16.0. The van der Waals surface area contributed by atoms with Crippen LogP contribution in [0.5, 0.6) is 11.5 Å². The zero-order chi connectivity index (χ0) is 14.5. The second kappa shape index (κ2) is 6.91. The molecule has 1 aromatic carbocycles. The molecule has 2 N–H and O–H groups in total. The molecule has 0 aliphatic heterocycles. The van der Waals surface area contributed by atoms with Crippen molar-refractivity contribution < 1.29 is 23.0 Å². The van der Waals surface area contributed by atoms with Gasteiger partial charge in [0, 0.05) is 30.0 Å². The molecular formula is C12H16F3NO2S. The predicted molar refractivity (Wildman–Crippen MR) is 69.6 cm³/mol. The van der Waals surface area contributed by atoms with Crippen LogP contribution >= 0.6 is 11.8 Å². The fourth-order valence-electron chi connectivity index (χ4n) is 1.57. The van der Waals surface area contributed by atoms with Crippen LogP contribution in [0.1, 0.15) is 18.5 Å². The lowest BCUT2D eigenvalue weighted by Gasteiger charge is -2.16.